The number of nitrogens with one attached hydrogen (secondary N) is 1. The third-order valence-corrected chi connectivity index (χ3v) is 2.67. The van der Waals surface area contributed by atoms with Gasteiger partial charge in [0.05, 0.1) is 6.42 Å². The van der Waals surface area contributed by atoms with Gasteiger partial charge in [-0.05, 0) is 5.56 Å². The van der Waals surface area contributed by atoms with Crippen LogP contribution in [-0.2, 0) is 11.2 Å². The van der Waals surface area contributed by atoms with Crippen molar-refractivity contribution in [1.82, 2.24) is 10.2 Å². The van der Waals surface area contributed by atoms with Crippen LogP contribution >= 0.6 is 12.4 Å². The van der Waals surface area contributed by atoms with Crippen molar-refractivity contribution < 1.29 is 4.79 Å². The van der Waals surface area contributed by atoms with E-state index in [1.54, 1.807) is 0 Å². The molecule has 0 aliphatic carbocycles. The van der Waals surface area contributed by atoms with E-state index in [9.17, 15) is 4.79 Å². The molecule has 1 aliphatic rings. The number of carbonyl (C=O) groups excluding carboxylic acids is 1. The zero-order valence-electron chi connectivity index (χ0n) is 9.19. The van der Waals surface area contributed by atoms with Crippen LogP contribution in [0.2, 0.25) is 0 Å². The highest BCUT2D eigenvalue weighted by atomic mass is 35.5. The van der Waals surface area contributed by atoms with E-state index < -0.39 is 0 Å². The first-order chi connectivity index (χ1) is 7.36. The Morgan fingerprint density at radius 3 is 2.44 bits per heavy atom. The summed E-state index contributed by atoms with van der Waals surface area (Å²) in [5.74, 6) is 0.239. The van der Waals surface area contributed by atoms with Gasteiger partial charge in [-0.25, -0.2) is 0 Å². The van der Waals surface area contributed by atoms with Crippen molar-refractivity contribution in [2.75, 3.05) is 26.2 Å². The van der Waals surface area contributed by atoms with Crippen LogP contribution in [0, 0.1) is 0 Å². The maximum Gasteiger partial charge on any atom is 0.227 e. The molecule has 1 fully saturated rings. The third-order valence-electron chi connectivity index (χ3n) is 2.67. The first-order valence-corrected chi connectivity index (χ1v) is 5.39. The minimum absolute atomic E-state index is 0. The van der Waals surface area contributed by atoms with Gasteiger partial charge in [0.1, 0.15) is 0 Å². The van der Waals surface area contributed by atoms with Crippen LogP contribution in [0.4, 0.5) is 0 Å². The molecule has 0 spiro atoms. The molecule has 16 heavy (non-hydrogen) atoms. The van der Waals surface area contributed by atoms with Gasteiger partial charge in [-0.1, -0.05) is 30.3 Å². The number of nitrogens with zero attached hydrogens (tertiary/aromatic N) is 1. The molecular weight excluding hydrogens is 224 g/mol. The molecule has 1 aromatic carbocycles. The fraction of sp³-hybridized carbons (Fsp3) is 0.417. The molecular formula is C12H17ClN2O. The zero-order valence-corrected chi connectivity index (χ0v) is 10.0. The van der Waals surface area contributed by atoms with Gasteiger partial charge < -0.3 is 10.2 Å². The molecule has 0 saturated carbocycles. The van der Waals surface area contributed by atoms with Gasteiger partial charge in [0.2, 0.25) is 5.91 Å². The normalized spacial score (nSPS) is 15.4. The van der Waals surface area contributed by atoms with Crippen LogP contribution in [0.1, 0.15) is 5.56 Å². The number of hydrogen-bond donors (Lipinski definition) is 1. The SMILES string of the molecule is Cl.O=C(Cc1ccccc1)N1CCNCC1. The van der Waals surface area contributed by atoms with Crippen molar-refractivity contribution in [1.29, 1.82) is 0 Å². The molecule has 0 bridgehead atoms. The monoisotopic (exact) mass is 240 g/mol. The lowest BCUT2D eigenvalue weighted by molar-refractivity contribution is -0.131. The minimum atomic E-state index is 0. The Morgan fingerprint density at radius 2 is 1.81 bits per heavy atom. The topological polar surface area (TPSA) is 32.3 Å². The number of rotatable bonds is 2. The molecule has 1 saturated heterocycles. The highest BCUT2D eigenvalue weighted by molar-refractivity contribution is 5.85. The Bertz CT molecular complexity index is 323. The number of benzene rings is 1. The predicted octanol–water partition coefficient (Wildman–Crippen LogP) is 1.08. The summed E-state index contributed by atoms with van der Waals surface area (Å²) < 4.78 is 0. The van der Waals surface area contributed by atoms with Gasteiger partial charge in [-0.2, -0.15) is 0 Å². The smallest absolute Gasteiger partial charge is 0.227 e. The van der Waals surface area contributed by atoms with Gasteiger partial charge in [0.25, 0.3) is 0 Å². The predicted molar refractivity (Wildman–Crippen MR) is 66.8 cm³/mol. The third kappa shape index (κ3) is 3.51. The summed E-state index contributed by atoms with van der Waals surface area (Å²) in [6.07, 6.45) is 0.529. The lowest BCUT2D eigenvalue weighted by Gasteiger charge is -2.27. The van der Waals surface area contributed by atoms with Gasteiger partial charge in [0, 0.05) is 26.2 Å². The second-order valence-corrected chi connectivity index (χ2v) is 3.79. The van der Waals surface area contributed by atoms with Gasteiger partial charge in [-0.3, -0.25) is 4.79 Å². The van der Waals surface area contributed by atoms with Crippen LogP contribution < -0.4 is 5.32 Å². The summed E-state index contributed by atoms with van der Waals surface area (Å²) in [7, 11) is 0. The molecule has 0 atom stereocenters. The maximum atomic E-state index is 11.9. The second kappa shape index (κ2) is 6.51. The van der Waals surface area contributed by atoms with Crippen LogP contribution in [0.5, 0.6) is 0 Å². The van der Waals surface area contributed by atoms with Crippen LogP contribution in [-0.4, -0.2) is 37.0 Å². The maximum absolute atomic E-state index is 11.9. The Balaban J connectivity index is 0.00000128. The first kappa shape index (κ1) is 13.0. The molecule has 1 aliphatic heterocycles. The van der Waals surface area contributed by atoms with E-state index in [0.29, 0.717) is 6.42 Å². The summed E-state index contributed by atoms with van der Waals surface area (Å²) in [5, 5.41) is 3.24. The molecule has 0 unspecified atom stereocenters. The zero-order chi connectivity index (χ0) is 10.5. The average Bonchev–Trinajstić information content (AvgIpc) is 2.31. The Kier molecular flexibility index (Phi) is 5.29. The van der Waals surface area contributed by atoms with Crippen molar-refractivity contribution >= 4 is 18.3 Å². The molecule has 4 heteroatoms. The Labute approximate surface area is 102 Å². The highest BCUT2D eigenvalue weighted by Gasteiger charge is 2.15. The largest absolute Gasteiger partial charge is 0.340 e. The summed E-state index contributed by atoms with van der Waals surface area (Å²) in [6.45, 7) is 3.51. The lowest BCUT2D eigenvalue weighted by Crippen LogP contribution is -2.46. The molecule has 0 aromatic heterocycles. The van der Waals surface area contributed by atoms with Crippen molar-refractivity contribution in [3.63, 3.8) is 0 Å². The number of hydrogen-bond acceptors (Lipinski definition) is 2. The molecule has 1 N–H and O–H groups in total. The summed E-state index contributed by atoms with van der Waals surface area (Å²) in [5.41, 5.74) is 1.10. The molecule has 2 rings (SSSR count). The molecule has 1 amide bonds. The van der Waals surface area contributed by atoms with Crippen molar-refractivity contribution in [2.24, 2.45) is 0 Å². The van der Waals surface area contributed by atoms with Crippen LogP contribution in [0.25, 0.3) is 0 Å². The number of carbonyl (C=O) groups is 1. The van der Waals surface area contributed by atoms with Gasteiger partial charge in [0.15, 0.2) is 0 Å². The molecule has 1 heterocycles. The quantitative estimate of drug-likeness (QED) is 0.839. The number of piperazine rings is 1. The lowest BCUT2D eigenvalue weighted by atomic mass is 10.1. The second-order valence-electron chi connectivity index (χ2n) is 3.79. The van der Waals surface area contributed by atoms with Gasteiger partial charge >= 0.3 is 0 Å². The summed E-state index contributed by atoms with van der Waals surface area (Å²) in [4.78, 5) is 13.8. The Hall–Kier alpha value is -1.06. The van der Waals surface area contributed by atoms with E-state index in [0.717, 1.165) is 31.7 Å². The fourth-order valence-electron chi connectivity index (χ4n) is 1.80. The van der Waals surface area contributed by atoms with E-state index in [-0.39, 0.29) is 18.3 Å². The molecule has 0 radical (unpaired) electrons. The van der Waals surface area contributed by atoms with Crippen molar-refractivity contribution in [2.45, 2.75) is 6.42 Å². The molecule has 1 aromatic rings. The minimum Gasteiger partial charge on any atom is -0.340 e. The highest BCUT2D eigenvalue weighted by Crippen LogP contribution is 2.03. The van der Waals surface area contributed by atoms with E-state index in [2.05, 4.69) is 5.32 Å². The van der Waals surface area contributed by atoms with E-state index >= 15 is 0 Å². The van der Waals surface area contributed by atoms with Crippen molar-refractivity contribution in [3.05, 3.63) is 35.9 Å². The average molecular weight is 241 g/mol. The van der Waals surface area contributed by atoms with Gasteiger partial charge in [-0.15, -0.1) is 12.4 Å². The van der Waals surface area contributed by atoms with E-state index in [1.165, 1.54) is 0 Å². The standard InChI is InChI=1S/C12H16N2O.ClH/c15-12(14-8-6-13-7-9-14)10-11-4-2-1-3-5-11;/h1-5,13H,6-10H2;1H. The molecule has 3 nitrogen and oxygen atoms in total. The first-order valence-electron chi connectivity index (χ1n) is 5.39. The van der Waals surface area contributed by atoms with Crippen molar-refractivity contribution in [3.8, 4) is 0 Å². The number of halogens is 1. The molecule has 88 valence electrons. The summed E-state index contributed by atoms with van der Waals surface area (Å²) in [6, 6.07) is 9.92. The fourth-order valence-corrected chi connectivity index (χ4v) is 1.80. The summed E-state index contributed by atoms with van der Waals surface area (Å²) >= 11 is 0. The number of amides is 1. The Morgan fingerprint density at radius 1 is 1.19 bits per heavy atom. The van der Waals surface area contributed by atoms with E-state index in [4.69, 9.17) is 0 Å². The van der Waals surface area contributed by atoms with Crippen LogP contribution in [0.15, 0.2) is 30.3 Å². The van der Waals surface area contributed by atoms with Crippen LogP contribution in [0.3, 0.4) is 0 Å². The van der Waals surface area contributed by atoms with E-state index in [1.807, 2.05) is 35.2 Å².